The largest absolute Gasteiger partial charge is 0.459 e. The van der Waals surface area contributed by atoms with Gasteiger partial charge in [0, 0.05) is 4.90 Å². The molecule has 3 nitrogen and oxygen atoms in total. The van der Waals surface area contributed by atoms with Crippen LogP contribution < -0.4 is 0 Å². The molecule has 0 aliphatic rings. The number of thioether (sulfide) groups is 1. The number of benzene rings is 1. The standard InChI is InChI=1S/C13H13BrFNO2S/c1-13(2,3)18-10(17)7-19-9-5-4-8(6-16)11(14)12(9)15/h4-5H,7H2,1-3H3. The summed E-state index contributed by atoms with van der Waals surface area (Å²) in [7, 11) is 0. The molecular formula is C13H13BrFNO2S. The Morgan fingerprint density at radius 3 is 2.68 bits per heavy atom. The molecule has 0 radical (unpaired) electrons. The van der Waals surface area contributed by atoms with Crippen molar-refractivity contribution in [2.45, 2.75) is 31.3 Å². The van der Waals surface area contributed by atoms with Crippen LogP contribution in [0.1, 0.15) is 26.3 Å². The molecule has 0 bridgehead atoms. The first kappa shape index (κ1) is 16.0. The van der Waals surface area contributed by atoms with Crippen molar-refractivity contribution >= 4 is 33.7 Å². The van der Waals surface area contributed by atoms with Gasteiger partial charge in [0.2, 0.25) is 0 Å². The molecule has 1 aromatic rings. The average molecular weight is 346 g/mol. The average Bonchev–Trinajstić information content (AvgIpc) is 2.29. The number of nitrogens with zero attached hydrogens (tertiary/aromatic N) is 1. The van der Waals surface area contributed by atoms with Crippen LogP contribution in [0.25, 0.3) is 0 Å². The summed E-state index contributed by atoms with van der Waals surface area (Å²) in [5.41, 5.74) is -0.333. The Morgan fingerprint density at radius 1 is 1.53 bits per heavy atom. The topological polar surface area (TPSA) is 50.1 Å². The van der Waals surface area contributed by atoms with Crippen LogP contribution in [-0.4, -0.2) is 17.3 Å². The smallest absolute Gasteiger partial charge is 0.316 e. The van der Waals surface area contributed by atoms with Crippen molar-refractivity contribution < 1.29 is 13.9 Å². The molecule has 0 atom stereocenters. The monoisotopic (exact) mass is 345 g/mol. The van der Waals surface area contributed by atoms with E-state index in [0.29, 0.717) is 4.90 Å². The summed E-state index contributed by atoms with van der Waals surface area (Å²) in [5.74, 6) is -0.919. The molecule has 1 rings (SSSR count). The number of rotatable bonds is 3. The SMILES string of the molecule is CC(C)(C)OC(=O)CSc1ccc(C#N)c(Br)c1F. The fourth-order valence-electron chi connectivity index (χ4n) is 1.24. The van der Waals surface area contributed by atoms with E-state index in [-0.39, 0.29) is 15.8 Å². The van der Waals surface area contributed by atoms with Gasteiger partial charge in [0.25, 0.3) is 0 Å². The van der Waals surface area contributed by atoms with Gasteiger partial charge >= 0.3 is 5.97 Å². The van der Waals surface area contributed by atoms with Crippen molar-refractivity contribution in [2.75, 3.05) is 5.75 Å². The maximum atomic E-state index is 13.9. The van der Waals surface area contributed by atoms with Gasteiger partial charge < -0.3 is 4.74 Å². The van der Waals surface area contributed by atoms with Crippen LogP contribution in [0.2, 0.25) is 0 Å². The molecule has 0 aliphatic heterocycles. The molecule has 0 heterocycles. The zero-order valence-electron chi connectivity index (χ0n) is 10.8. The molecule has 0 spiro atoms. The van der Waals surface area contributed by atoms with E-state index in [1.165, 1.54) is 12.1 Å². The predicted octanol–water partition coefficient (Wildman–Crippen LogP) is 3.89. The second kappa shape index (κ2) is 6.40. The second-order valence-electron chi connectivity index (χ2n) is 4.73. The minimum atomic E-state index is -0.554. The number of carbonyl (C=O) groups excluding carboxylic acids is 1. The number of carbonyl (C=O) groups is 1. The lowest BCUT2D eigenvalue weighted by Gasteiger charge is -2.19. The normalized spacial score (nSPS) is 10.9. The van der Waals surface area contributed by atoms with Gasteiger partial charge in [0.05, 0.1) is 15.8 Å². The summed E-state index contributed by atoms with van der Waals surface area (Å²) in [5, 5.41) is 8.75. The lowest BCUT2D eigenvalue weighted by atomic mass is 10.2. The number of nitriles is 1. The van der Waals surface area contributed by atoms with Crippen LogP contribution in [0.3, 0.4) is 0 Å². The van der Waals surface area contributed by atoms with Crippen molar-refractivity contribution in [2.24, 2.45) is 0 Å². The Bertz CT molecular complexity index is 535. The Balaban J connectivity index is 2.72. The molecule has 0 unspecified atom stereocenters. The maximum Gasteiger partial charge on any atom is 0.316 e. The molecular weight excluding hydrogens is 333 g/mol. The van der Waals surface area contributed by atoms with Crippen LogP contribution in [0, 0.1) is 17.1 Å². The van der Waals surface area contributed by atoms with E-state index in [4.69, 9.17) is 10.00 Å². The van der Waals surface area contributed by atoms with E-state index in [0.717, 1.165) is 11.8 Å². The third-order valence-electron chi connectivity index (χ3n) is 1.93. The molecule has 0 aromatic heterocycles. The second-order valence-corrected chi connectivity index (χ2v) is 6.54. The molecule has 0 aliphatic carbocycles. The van der Waals surface area contributed by atoms with Gasteiger partial charge in [-0.1, -0.05) is 0 Å². The highest BCUT2D eigenvalue weighted by Gasteiger charge is 2.18. The molecule has 19 heavy (non-hydrogen) atoms. The van der Waals surface area contributed by atoms with Crippen molar-refractivity contribution in [3.05, 3.63) is 28.0 Å². The highest BCUT2D eigenvalue weighted by molar-refractivity contribution is 9.10. The lowest BCUT2D eigenvalue weighted by molar-refractivity contribution is -0.151. The molecule has 0 N–H and O–H groups in total. The Kier molecular flexibility index (Phi) is 5.39. The third kappa shape index (κ3) is 4.84. The summed E-state index contributed by atoms with van der Waals surface area (Å²) >= 11 is 4.06. The van der Waals surface area contributed by atoms with Gasteiger partial charge in [0.1, 0.15) is 11.7 Å². The van der Waals surface area contributed by atoms with Gasteiger partial charge in [0.15, 0.2) is 5.82 Å². The van der Waals surface area contributed by atoms with Crippen molar-refractivity contribution in [3.8, 4) is 6.07 Å². The highest BCUT2D eigenvalue weighted by Crippen LogP contribution is 2.30. The summed E-state index contributed by atoms with van der Waals surface area (Å²) in [6.07, 6.45) is 0. The van der Waals surface area contributed by atoms with Gasteiger partial charge in [-0.2, -0.15) is 5.26 Å². The molecule has 0 saturated carbocycles. The Labute approximate surface area is 124 Å². The number of ether oxygens (including phenoxy) is 1. The fourth-order valence-corrected chi connectivity index (χ4v) is 2.53. The highest BCUT2D eigenvalue weighted by atomic mass is 79.9. The van der Waals surface area contributed by atoms with Crippen LogP contribution in [0.5, 0.6) is 0 Å². The van der Waals surface area contributed by atoms with Crippen LogP contribution in [0.15, 0.2) is 21.5 Å². The van der Waals surface area contributed by atoms with Crippen LogP contribution >= 0.6 is 27.7 Å². The van der Waals surface area contributed by atoms with Gasteiger partial charge in [-0.15, -0.1) is 11.8 Å². The first-order chi connectivity index (χ1) is 8.74. The van der Waals surface area contributed by atoms with E-state index in [2.05, 4.69) is 15.9 Å². The zero-order chi connectivity index (χ0) is 14.6. The molecule has 102 valence electrons. The maximum absolute atomic E-state index is 13.9. The van der Waals surface area contributed by atoms with E-state index in [9.17, 15) is 9.18 Å². The van der Waals surface area contributed by atoms with Crippen molar-refractivity contribution in [1.29, 1.82) is 5.26 Å². The summed E-state index contributed by atoms with van der Waals surface area (Å²) < 4.78 is 19.1. The van der Waals surface area contributed by atoms with Gasteiger partial charge in [-0.05, 0) is 48.8 Å². The minimum absolute atomic E-state index is 0.0204. The molecule has 1 aromatic carbocycles. The van der Waals surface area contributed by atoms with Crippen LogP contribution in [0.4, 0.5) is 4.39 Å². The van der Waals surface area contributed by atoms with E-state index < -0.39 is 17.4 Å². The van der Waals surface area contributed by atoms with E-state index in [1.54, 1.807) is 20.8 Å². The summed E-state index contributed by atoms with van der Waals surface area (Å²) in [6, 6.07) is 4.86. The first-order valence-corrected chi connectivity index (χ1v) is 7.25. The van der Waals surface area contributed by atoms with E-state index in [1.807, 2.05) is 6.07 Å². The summed E-state index contributed by atoms with van der Waals surface area (Å²) in [4.78, 5) is 11.8. The van der Waals surface area contributed by atoms with Crippen LogP contribution in [-0.2, 0) is 9.53 Å². The molecule has 0 fully saturated rings. The quantitative estimate of drug-likeness (QED) is 0.615. The number of hydrogen-bond acceptors (Lipinski definition) is 4. The predicted molar refractivity (Wildman–Crippen MR) is 75.4 cm³/mol. The molecule has 0 saturated heterocycles. The van der Waals surface area contributed by atoms with E-state index >= 15 is 0 Å². The number of halogens is 2. The Hall–Kier alpha value is -1.06. The van der Waals surface area contributed by atoms with Crippen molar-refractivity contribution in [1.82, 2.24) is 0 Å². The van der Waals surface area contributed by atoms with Gasteiger partial charge in [-0.3, -0.25) is 4.79 Å². The Morgan fingerprint density at radius 2 is 2.16 bits per heavy atom. The lowest BCUT2D eigenvalue weighted by Crippen LogP contribution is -2.24. The summed E-state index contributed by atoms with van der Waals surface area (Å²) in [6.45, 7) is 5.32. The first-order valence-electron chi connectivity index (χ1n) is 5.47. The van der Waals surface area contributed by atoms with Gasteiger partial charge in [-0.25, -0.2) is 4.39 Å². The molecule has 6 heteroatoms. The fraction of sp³-hybridized carbons (Fsp3) is 0.385. The zero-order valence-corrected chi connectivity index (χ0v) is 13.2. The number of esters is 1. The minimum Gasteiger partial charge on any atom is -0.459 e. The number of hydrogen-bond donors (Lipinski definition) is 0. The molecule has 0 amide bonds. The van der Waals surface area contributed by atoms with Crippen molar-refractivity contribution in [3.63, 3.8) is 0 Å². The third-order valence-corrected chi connectivity index (χ3v) is 3.71.